The Kier molecular flexibility index (Phi) is 5.43. The molecule has 162 valence electrons. The Bertz CT molecular complexity index is 1000. The number of carbonyl (C=O) groups excluding carboxylic acids is 1. The van der Waals surface area contributed by atoms with E-state index in [9.17, 15) is 9.59 Å². The Hall–Kier alpha value is -1.93. The summed E-state index contributed by atoms with van der Waals surface area (Å²) in [5.74, 6) is 0. The van der Waals surface area contributed by atoms with Crippen molar-refractivity contribution in [1.82, 2.24) is 14.9 Å². The highest BCUT2D eigenvalue weighted by molar-refractivity contribution is 9.10. The van der Waals surface area contributed by atoms with E-state index in [2.05, 4.69) is 26.2 Å². The van der Waals surface area contributed by atoms with E-state index in [-0.39, 0.29) is 22.8 Å². The molecule has 3 aliphatic rings. The van der Waals surface area contributed by atoms with Gasteiger partial charge in [0.05, 0.1) is 28.8 Å². The van der Waals surface area contributed by atoms with Crippen LogP contribution in [0.5, 0.6) is 0 Å². The zero-order valence-corrected chi connectivity index (χ0v) is 19.3. The molecule has 2 aromatic rings. The molecule has 0 radical (unpaired) electrons. The van der Waals surface area contributed by atoms with Crippen LogP contribution in [0.3, 0.4) is 0 Å². The number of alkyl carbamates (subject to hydrolysis) is 1. The second-order valence-corrected chi connectivity index (χ2v) is 10.4. The van der Waals surface area contributed by atoms with Crippen molar-refractivity contribution in [2.24, 2.45) is 0 Å². The van der Waals surface area contributed by atoms with Crippen LogP contribution in [0.25, 0.3) is 11.0 Å². The number of aromatic nitrogens is 2. The summed E-state index contributed by atoms with van der Waals surface area (Å²) < 4.78 is 14.3. The third kappa shape index (κ3) is 4.39. The van der Waals surface area contributed by atoms with Crippen LogP contribution in [-0.4, -0.2) is 39.0 Å². The van der Waals surface area contributed by atoms with Gasteiger partial charge < -0.3 is 19.4 Å². The van der Waals surface area contributed by atoms with E-state index in [0.29, 0.717) is 13.2 Å². The van der Waals surface area contributed by atoms with Crippen molar-refractivity contribution in [2.45, 2.75) is 76.2 Å². The lowest BCUT2D eigenvalue weighted by Crippen LogP contribution is -2.63. The lowest BCUT2D eigenvalue weighted by molar-refractivity contribution is -0.165. The third-order valence-electron chi connectivity index (χ3n) is 6.13. The fourth-order valence-electron chi connectivity index (χ4n) is 4.46. The Morgan fingerprint density at radius 2 is 2.03 bits per heavy atom. The van der Waals surface area contributed by atoms with Gasteiger partial charge in [0.25, 0.3) is 5.56 Å². The van der Waals surface area contributed by atoms with Gasteiger partial charge >= 0.3 is 6.09 Å². The minimum absolute atomic E-state index is 0.0358. The maximum atomic E-state index is 12.5. The number of halogens is 1. The molecule has 0 unspecified atom stereocenters. The Morgan fingerprint density at radius 3 is 2.67 bits per heavy atom. The lowest BCUT2D eigenvalue weighted by atomic mass is 9.70. The molecule has 30 heavy (non-hydrogen) atoms. The largest absolute Gasteiger partial charge is 0.444 e. The summed E-state index contributed by atoms with van der Waals surface area (Å²) in [6.07, 6.45) is 5.50. The van der Waals surface area contributed by atoms with Crippen LogP contribution >= 0.6 is 15.9 Å². The highest BCUT2D eigenvalue weighted by Crippen LogP contribution is 2.45. The SMILES string of the molecule is CC(C)(C)OC(=O)NC12CCC(CCn3c(=O)ccc4ncc(Br)cc43)(CC1)OC2. The van der Waals surface area contributed by atoms with Crippen molar-refractivity contribution in [2.75, 3.05) is 6.61 Å². The summed E-state index contributed by atoms with van der Waals surface area (Å²) in [6.45, 7) is 6.62. The van der Waals surface area contributed by atoms with Gasteiger partial charge in [-0.3, -0.25) is 9.78 Å². The smallest absolute Gasteiger partial charge is 0.408 e. The van der Waals surface area contributed by atoms with E-state index in [1.807, 2.05) is 26.8 Å². The zero-order valence-electron chi connectivity index (χ0n) is 17.7. The number of rotatable bonds is 4. The standard InChI is InChI=1S/C22H28BrN3O4/c1-20(2,3)30-19(28)25-21-6-8-22(9-7-21,29-14-21)10-11-26-17-12-15(23)13-24-16(17)4-5-18(26)27/h4-5,12-13H,6-11,14H2,1-3H3,(H,25,28). The van der Waals surface area contributed by atoms with Crippen LogP contribution in [0, 0.1) is 0 Å². The lowest BCUT2D eigenvalue weighted by Gasteiger charge is -2.53. The van der Waals surface area contributed by atoms with Crippen molar-refractivity contribution in [3.05, 3.63) is 39.2 Å². The topological polar surface area (TPSA) is 82.5 Å². The fraction of sp³-hybridized carbons (Fsp3) is 0.591. The number of ether oxygens (including phenoxy) is 2. The summed E-state index contributed by atoms with van der Waals surface area (Å²) in [5.41, 5.74) is 0.453. The van der Waals surface area contributed by atoms with Crippen molar-refractivity contribution in [3.8, 4) is 0 Å². The van der Waals surface area contributed by atoms with Crippen molar-refractivity contribution in [1.29, 1.82) is 0 Å². The molecule has 1 N–H and O–H groups in total. The number of nitrogens with one attached hydrogen (secondary N) is 1. The zero-order chi connectivity index (χ0) is 21.6. The number of pyridine rings is 2. The molecule has 4 heterocycles. The molecule has 0 aromatic carbocycles. The van der Waals surface area contributed by atoms with Crippen LogP contribution in [0.4, 0.5) is 4.79 Å². The van der Waals surface area contributed by atoms with Crippen LogP contribution in [0.2, 0.25) is 0 Å². The fourth-order valence-corrected chi connectivity index (χ4v) is 4.78. The van der Waals surface area contributed by atoms with Crippen molar-refractivity contribution < 1.29 is 14.3 Å². The Morgan fingerprint density at radius 1 is 1.30 bits per heavy atom. The first-order chi connectivity index (χ1) is 14.1. The average molecular weight is 478 g/mol. The number of aryl methyl sites for hydroxylation is 1. The minimum atomic E-state index is -0.524. The number of amides is 1. The molecule has 8 heteroatoms. The predicted octanol–water partition coefficient (Wildman–Crippen LogP) is 4.16. The van der Waals surface area contributed by atoms with Crippen LogP contribution in [-0.2, 0) is 16.0 Å². The van der Waals surface area contributed by atoms with Crippen molar-refractivity contribution >= 4 is 33.1 Å². The second kappa shape index (κ2) is 7.64. The molecule has 2 aromatic heterocycles. The highest BCUT2D eigenvalue weighted by Gasteiger charge is 2.50. The molecule has 2 aliphatic heterocycles. The molecule has 5 rings (SSSR count). The Labute approximate surface area is 184 Å². The first-order valence-corrected chi connectivity index (χ1v) is 11.2. The predicted molar refractivity (Wildman–Crippen MR) is 118 cm³/mol. The van der Waals surface area contributed by atoms with E-state index in [0.717, 1.165) is 47.6 Å². The van der Waals surface area contributed by atoms with E-state index in [4.69, 9.17) is 9.47 Å². The number of nitrogens with zero attached hydrogens (tertiary/aromatic N) is 2. The number of carbonyl (C=O) groups is 1. The minimum Gasteiger partial charge on any atom is -0.444 e. The molecule has 1 aliphatic carbocycles. The highest BCUT2D eigenvalue weighted by atomic mass is 79.9. The summed E-state index contributed by atoms with van der Waals surface area (Å²) >= 11 is 3.45. The Balaban J connectivity index is 1.44. The normalized spacial score (nSPS) is 26.0. The van der Waals surface area contributed by atoms with Crippen LogP contribution < -0.4 is 10.9 Å². The van der Waals surface area contributed by atoms with Gasteiger partial charge in [-0.1, -0.05) is 0 Å². The van der Waals surface area contributed by atoms with E-state index in [1.54, 1.807) is 22.9 Å². The molecular weight excluding hydrogens is 450 g/mol. The average Bonchev–Trinajstić information content (AvgIpc) is 2.67. The number of fused-ring (bicyclic) bond motifs is 4. The van der Waals surface area contributed by atoms with Gasteiger partial charge in [0.1, 0.15) is 5.60 Å². The van der Waals surface area contributed by atoms with E-state index in [1.165, 1.54) is 0 Å². The molecule has 2 saturated heterocycles. The maximum Gasteiger partial charge on any atom is 0.408 e. The van der Waals surface area contributed by atoms with E-state index < -0.39 is 5.60 Å². The quantitative estimate of drug-likeness (QED) is 0.714. The summed E-state index contributed by atoms with van der Waals surface area (Å²) in [7, 11) is 0. The van der Waals surface area contributed by atoms with Gasteiger partial charge in [-0.15, -0.1) is 0 Å². The first-order valence-electron chi connectivity index (χ1n) is 10.4. The summed E-state index contributed by atoms with van der Waals surface area (Å²) in [5, 5.41) is 3.05. The van der Waals surface area contributed by atoms with Gasteiger partial charge in [0.15, 0.2) is 0 Å². The first kappa shape index (κ1) is 21.3. The summed E-state index contributed by atoms with van der Waals surface area (Å²) in [4.78, 5) is 29.2. The molecular formula is C22H28BrN3O4. The molecule has 2 bridgehead atoms. The van der Waals surface area contributed by atoms with Gasteiger partial charge in [0, 0.05) is 23.3 Å². The van der Waals surface area contributed by atoms with E-state index >= 15 is 0 Å². The van der Waals surface area contributed by atoms with Gasteiger partial charge in [-0.2, -0.15) is 0 Å². The number of hydrogen-bond donors (Lipinski definition) is 1. The molecule has 7 nitrogen and oxygen atoms in total. The second-order valence-electron chi connectivity index (χ2n) is 9.51. The van der Waals surface area contributed by atoms with Crippen molar-refractivity contribution in [3.63, 3.8) is 0 Å². The van der Waals surface area contributed by atoms with Crippen LogP contribution in [0.1, 0.15) is 52.9 Å². The molecule has 0 atom stereocenters. The molecule has 3 fully saturated rings. The molecule has 0 spiro atoms. The maximum absolute atomic E-state index is 12.5. The third-order valence-corrected chi connectivity index (χ3v) is 6.57. The molecule has 1 amide bonds. The van der Waals surface area contributed by atoms with Gasteiger partial charge in [0.2, 0.25) is 0 Å². The van der Waals surface area contributed by atoms with Crippen LogP contribution in [0.15, 0.2) is 33.7 Å². The van der Waals surface area contributed by atoms with Gasteiger partial charge in [-0.25, -0.2) is 4.79 Å². The number of hydrogen-bond acceptors (Lipinski definition) is 5. The van der Waals surface area contributed by atoms with Gasteiger partial charge in [-0.05, 0) is 80.9 Å². The molecule has 1 saturated carbocycles. The monoisotopic (exact) mass is 477 g/mol. The summed E-state index contributed by atoms with van der Waals surface area (Å²) in [6, 6.07) is 5.26.